The highest BCUT2D eigenvalue weighted by atomic mass is 127. The predicted octanol–water partition coefficient (Wildman–Crippen LogP) is 3.75. The Morgan fingerprint density at radius 3 is 2.52 bits per heavy atom. The van der Waals surface area contributed by atoms with E-state index in [9.17, 15) is 10.1 Å². The molecule has 0 heterocycles. The SMILES string of the molecule is COCCNC(=NCc1ccc([N+](=O)[O-])cc1)NCc1ccccc1Cl.I. The summed E-state index contributed by atoms with van der Waals surface area (Å²) >= 11 is 6.17. The average molecular weight is 505 g/mol. The molecule has 0 amide bonds. The van der Waals surface area contributed by atoms with Gasteiger partial charge in [-0.05, 0) is 17.2 Å². The van der Waals surface area contributed by atoms with Crippen molar-refractivity contribution in [3.05, 3.63) is 74.8 Å². The van der Waals surface area contributed by atoms with Crippen molar-refractivity contribution in [2.75, 3.05) is 20.3 Å². The van der Waals surface area contributed by atoms with Crippen molar-refractivity contribution >= 4 is 47.2 Å². The van der Waals surface area contributed by atoms with Gasteiger partial charge in [-0.15, -0.1) is 24.0 Å². The molecule has 0 aliphatic heterocycles. The number of nitro benzene ring substituents is 1. The highest BCUT2D eigenvalue weighted by Gasteiger charge is 2.05. The van der Waals surface area contributed by atoms with Gasteiger partial charge < -0.3 is 15.4 Å². The molecule has 9 heteroatoms. The maximum Gasteiger partial charge on any atom is 0.269 e. The lowest BCUT2D eigenvalue weighted by Gasteiger charge is -2.13. The van der Waals surface area contributed by atoms with Crippen LogP contribution in [0.2, 0.25) is 5.02 Å². The van der Waals surface area contributed by atoms with Crippen LogP contribution in [0.1, 0.15) is 11.1 Å². The number of halogens is 2. The van der Waals surface area contributed by atoms with Gasteiger partial charge in [0.05, 0.1) is 18.1 Å². The maximum absolute atomic E-state index is 10.7. The molecule has 2 aromatic rings. The van der Waals surface area contributed by atoms with Crippen molar-refractivity contribution in [2.45, 2.75) is 13.1 Å². The lowest BCUT2D eigenvalue weighted by Crippen LogP contribution is -2.38. The molecule has 0 saturated heterocycles. The Morgan fingerprint density at radius 1 is 1.19 bits per heavy atom. The van der Waals surface area contributed by atoms with Crippen LogP contribution in [0.25, 0.3) is 0 Å². The van der Waals surface area contributed by atoms with Crippen LogP contribution in [0.5, 0.6) is 0 Å². The van der Waals surface area contributed by atoms with Gasteiger partial charge in [0, 0.05) is 37.4 Å². The summed E-state index contributed by atoms with van der Waals surface area (Å²) in [5.74, 6) is 0.611. The molecule has 0 fully saturated rings. The molecular weight excluding hydrogens is 483 g/mol. The van der Waals surface area contributed by atoms with E-state index in [0.717, 1.165) is 11.1 Å². The minimum atomic E-state index is -0.421. The Bertz CT molecular complexity index is 757. The summed E-state index contributed by atoms with van der Waals surface area (Å²) in [6.45, 7) is 2.07. The first-order valence-corrected chi connectivity index (χ1v) is 8.46. The topological polar surface area (TPSA) is 88.8 Å². The van der Waals surface area contributed by atoms with E-state index in [4.69, 9.17) is 16.3 Å². The number of nitrogens with one attached hydrogen (secondary N) is 2. The Kier molecular flexibility index (Phi) is 10.7. The van der Waals surface area contributed by atoms with Gasteiger partial charge in [0.15, 0.2) is 5.96 Å². The molecule has 2 N–H and O–H groups in total. The van der Waals surface area contributed by atoms with Crippen LogP contribution in [0.3, 0.4) is 0 Å². The third kappa shape index (κ3) is 8.10. The van der Waals surface area contributed by atoms with E-state index in [1.165, 1.54) is 12.1 Å². The van der Waals surface area contributed by atoms with Gasteiger partial charge in [0.2, 0.25) is 0 Å². The summed E-state index contributed by atoms with van der Waals surface area (Å²) in [4.78, 5) is 14.8. The van der Waals surface area contributed by atoms with E-state index in [1.54, 1.807) is 19.2 Å². The zero-order valence-electron chi connectivity index (χ0n) is 14.9. The van der Waals surface area contributed by atoms with Gasteiger partial charge in [-0.1, -0.05) is 41.9 Å². The zero-order valence-corrected chi connectivity index (χ0v) is 17.9. The molecule has 0 unspecified atom stereocenters. The zero-order chi connectivity index (χ0) is 18.8. The molecule has 7 nitrogen and oxygen atoms in total. The van der Waals surface area contributed by atoms with Crippen molar-refractivity contribution in [1.29, 1.82) is 0 Å². The number of rotatable bonds is 8. The fourth-order valence-corrected chi connectivity index (χ4v) is 2.36. The molecule has 146 valence electrons. The molecule has 0 saturated carbocycles. The molecular formula is C18H22ClIN4O3. The van der Waals surface area contributed by atoms with Crippen LogP contribution < -0.4 is 10.6 Å². The minimum Gasteiger partial charge on any atom is -0.383 e. The van der Waals surface area contributed by atoms with Gasteiger partial charge in [0.25, 0.3) is 5.69 Å². The van der Waals surface area contributed by atoms with Crippen molar-refractivity contribution in [1.82, 2.24) is 10.6 Å². The van der Waals surface area contributed by atoms with Crippen molar-refractivity contribution in [3.8, 4) is 0 Å². The van der Waals surface area contributed by atoms with Crippen molar-refractivity contribution < 1.29 is 9.66 Å². The van der Waals surface area contributed by atoms with Gasteiger partial charge in [0.1, 0.15) is 0 Å². The summed E-state index contributed by atoms with van der Waals surface area (Å²) in [5, 5.41) is 17.8. The van der Waals surface area contributed by atoms with E-state index in [0.29, 0.717) is 37.2 Å². The predicted molar refractivity (Wildman–Crippen MR) is 118 cm³/mol. The number of methoxy groups -OCH3 is 1. The van der Waals surface area contributed by atoms with E-state index in [2.05, 4.69) is 15.6 Å². The number of non-ortho nitro benzene ring substituents is 1. The highest BCUT2D eigenvalue weighted by molar-refractivity contribution is 14.0. The summed E-state index contributed by atoms with van der Waals surface area (Å²) in [5.41, 5.74) is 1.90. The van der Waals surface area contributed by atoms with Crippen LogP contribution in [-0.4, -0.2) is 31.1 Å². The number of aliphatic imine (C=N–C) groups is 1. The van der Waals surface area contributed by atoms with Crippen molar-refractivity contribution in [2.24, 2.45) is 4.99 Å². The number of hydrogen-bond acceptors (Lipinski definition) is 4. The number of ether oxygens (including phenoxy) is 1. The van der Waals surface area contributed by atoms with Gasteiger partial charge in [-0.25, -0.2) is 4.99 Å². The normalized spacial score (nSPS) is 10.8. The second-order valence-electron chi connectivity index (χ2n) is 5.45. The molecule has 0 aliphatic carbocycles. The maximum atomic E-state index is 10.7. The number of nitrogens with zero attached hydrogens (tertiary/aromatic N) is 2. The lowest BCUT2D eigenvalue weighted by atomic mass is 10.2. The Morgan fingerprint density at radius 2 is 1.89 bits per heavy atom. The molecule has 27 heavy (non-hydrogen) atoms. The number of nitro groups is 1. The summed E-state index contributed by atoms with van der Waals surface area (Å²) < 4.78 is 5.04. The van der Waals surface area contributed by atoms with Crippen LogP contribution >= 0.6 is 35.6 Å². The number of benzene rings is 2. The molecule has 0 aromatic heterocycles. The van der Waals surface area contributed by atoms with E-state index in [-0.39, 0.29) is 29.7 Å². The first-order valence-electron chi connectivity index (χ1n) is 8.08. The third-order valence-electron chi connectivity index (χ3n) is 3.57. The van der Waals surface area contributed by atoms with E-state index < -0.39 is 4.92 Å². The lowest BCUT2D eigenvalue weighted by molar-refractivity contribution is -0.384. The molecule has 0 radical (unpaired) electrons. The van der Waals surface area contributed by atoms with Crippen LogP contribution in [0, 0.1) is 10.1 Å². The van der Waals surface area contributed by atoms with Gasteiger partial charge in [-0.3, -0.25) is 10.1 Å². The summed E-state index contributed by atoms with van der Waals surface area (Å²) in [6.07, 6.45) is 0. The fraction of sp³-hybridized carbons (Fsp3) is 0.278. The molecule has 0 bridgehead atoms. The van der Waals surface area contributed by atoms with Crippen LogP contribution in [-0.2, 0) is 17.8 Å². The smallest absolute Gasteiger partial charge is 0.269 e. The highest BCUT2D eigenvalue weighted by Crippen LogP contribution is 2.14. The molecule has 2 aromatic carbocycles. The van der Waals surface area contributed by atoms with Gasteiger partial charge in [-0.2, -0.15) is 0 Å². The van der Waals surface area contributed by atoms with E-state index >= 15 is 0 Å². The Labute approximate surface area is 180 Å². The molecule has 0 aliphatic rings. The average Bonchev–Trinajstić information content (AvgIpc) is 2.65. The second-order valence-corrected chi connectivity index (χ2v) is 5.86. The summed E-state index contributed by atoms with van der Waals surface area (Å²) in [6, 6.07) is 13.9. The van der Waals surface area contributed by atoms with Crippen LogP contribution in [0.15, 0.2) is 53.5 Å². The van der Waals surface area contributed by atoms with Gasteiger partial charge >= 0.3 is 0 Å². The largest absolute Gasteiger partial charge is 0.383 e. The second kappa shape index (κ2) is 12.5. The standard InChI is InChI=1S/C18H21ClN4O3.HI/c1-26-11-10-20-18(22-13-15-4-2-3-5-17(15)19)21-12-14-6-8-16(9-7-14)23(24)25;/h2-9H,10-13H2,1H3,(H2,20,21,22);1H. The number of hydrogen-bond donors (Lipinski definition) is 2. The third-order valence-corrected chi connectivity index (χ3v) is 3.94. The molecule has 0 spiro atoms. The first-order chi connectivity index (χ1) is 12.6. The number of guanidine groups is 1. The van der Waals surface area contributed by atoms with E-state index in [1.807, 2.05) is 24.3 Å². The Hall–Kier alpha value is -1.91. The summed E-state index contributed by atoms with van der Waals surface area (Å²) in [7, 11) is 1.63. The monoisotopic (exact) mass is 504 g/mol. The van der Waals surface area contributed by atoms with Crippen LogP contribution in [0.4, 0.5) is 5.69 Å². The first kappa shape index (κ1) is 23.1. The Balaban J connectivity index is 0.00000364. The quantitative estimate of drug-likeness (QED) is 0.143. The van der Waals surface area contributed by atoms with Crippen molar-refractivity contribution in [3.63, 3.8) is 0 Å². The fourth-order valence-electron chi connectivity index (χ4n) is 2.16. The minimum absolute atomic E-state index is 0. The molecule has 0 atom stereocenters. The molecule has 2 rings (SSSR count).